The normalized spacial score (nSPS) is 12.4. The van der Waals surface area contributed by atoms with Crippen molar-refractivity contribution in [2.45, 2.75) is 19.4 Å². The molecule has 3 N–H and O–H groups in total. The summed E-state index contributed by atoms with van der Waals surface area (Å²) in [6.07, 6.45) is 2.49. The SMILES string of the molecule is CC(Cc1ccco1)Nc1ccc(N)cc1Cl. The van der Waals surface area contributed by atoms with E-state index in [-0.39, 0.29) is 6.04 Å². The number of anilines is 2. The van der Waals surface area contributed by atoms with Crippen LogP contribution in [0.25, 0.3) is 0 Å². The zero-order valence-electron chi connectivity index (χ0n) is 9.61. The molecular weight excluding hydrogens is 236 g/mol. The van der Waals surface area contributed by atoms with E-state index in [0.717, 1.165) is 17.9 Å². The summed E-state index contributed by atoms with van der Waals surface area (Å²) in [6, 6.07) is 9.54. The lowest BCUT2D eigenvalue weighted by atomic mass is 10.2. The summed E-state index contributed by atoms with van der Waals surface area (Å²) in [7, 11) is 0. The molecule has 0 amide bonds. The third-order valence-electron chi connectivity index (χ3n) is 2.48. The van der Waals surface area contributed by atoms with Crippen LogP contribution in [-0.2, 0) is 6.42 Å². The Kier molecular flexibility index (Phi) is 3.59. The second kappa shape index (κ2) is 5.15. The minimum Gasteiger partial charge on any atom is -0.469 e. The molecule has 1 heterocycles. The van der Waals surface area contributed by atoms with Crippen LogP contribution in [0, 0.1) is 0 Å². The molecule has 1 unspecified atom stereocenters. The summed E-state index contributed by atoms with van der Waals surface area (Å²) in [5, 5.41) is 3.96. The molecule has 2 aromatic rings. The number of hydrogen-bond donors (Lipinski definition) is 2. The average Bonchev–Trinajstić information content (AvgIpc) is 2.75. The van der Waals surface area contributed by atoms with Crippen LogP contribution in [0.2, 0.25) is 5.02 Å². The van der Waals surface area contributed by atoms with E-state index in [0.29, 0.717) is 10.7 Å². The maximum atomic E-state index is 6.09. The Morgan fingerprint density at radius 1 is 1.41 bits per heavy atom. The van der Waals surface area contributed by atoms with Gasteiger partial charge in [-0.05, 0) is 37.3 Å². The number of nitrogens with two attached hydrogens (primary N) is 1. The summed E-state index contributed by atoms with van der Waals surface area (Å²) >= 11 is 6.09. The molecule has 0 aliphatic carbocycles. The fourth-order valence-electron chi connectivity index (χ4n) is 1.70. The molecule has 0 aliphatic rings. The topological polar surface area (TPSA) is 51.2 Å². The van der Waals surface area contributed by atoms with Gasteiger partial charge in [-0.2, -0.15) is 0 Å². The van der Waals surface area contributed by atoms with E-state index in [1.807, 2.05) is 24.3 Å². The second-order valence-corrected chi connectivity index (χ2v) is 4.48. The van der Waals surface area contributed by atoms with Gasteiger partial charge < -0.3 is 15.5 Å². The Hall–Kier alpha value is -1.61. The molecule has 0 radical (unpaired) electrons. The molecule has 17 heavy (non-hydrogen) atoms. The highest BCUT2D eigenvalue weighted by molar-refractivity contribution is 6.33. The van der Waals surface area contributed by atoms with Gasteiger partial charge >= 0.3 is 0 Å². The molecular formula is C13H15ClN2O. The van der Waals surface area contributed by atoms with Crippen molar-refractivity contribution >= 4 is 23.0 Å². The van der Waals surface area contributed by atoms with Gasteiger partial charge in [0.05, 0.1) is 17.0 Å². The number of nitrogen functional groups attached to an aromatic ring is 1. The van der Waals surface area contributed by atoms with Crippen LogP contribution in [0.3, 0.4) is 0 Å². The van der Waals surface area contributed by atoms with Crippen LogP contribution in [-0.4, -0.2) is 6.04 Å². The molecule has 0 spiro atoms. The summed E-state index contributed by atoms with van der Waals surface area (Å²) in [5.74, 6) is 0.955. The molecule has 0 saturated heterocycles. The largest absolute Gasteiger partial charge is 0.469 e. The van der Waals surface area contributed by atoms with Gasteiger partial charge in [0.15, 0.2) is 0 Å². The fraction of sp³-hybridized carbons (Fsp3) is 0.231. The molecule has 0 aliphatic heterocycles. The van der Waals surface area contributed by atoms with E-state index in [1.54, 1.807) is 12.3 Å². The van der Waals surface area contributed by atoms with E-state index in [1.165, 1.54) is 0 Å². The predicted molar refractivity (Wildman–Crippen MR) is 71.4 cm³/mol. The molecule has 90 valence electrons. The molecule has 3 nitrogen and oxygen atoms in total. The van der Waals surface area contributed by atoms with Gasteiger partial charge in [-0.15, -0.1) is 0 Å². The van der Waals surface area contributed by atoms with Gasteiger partial charge in [-0.1, -0.05) is 11.6 Å². The standard InChI is InChI=1S/C13H15ClN2O/c1-9(7-11-3-2-6-17-11)16-13-5-4-10(15)8-12(13)14/h2-6,8-9,16H,7,15H2,1H3. The first-order chi connectivity index (χ1) is 8.15. The van der Waals surface area contributed by atoms with E-state index < -0.39 is 0 Å². The van der Waals surface area contributed by atoms with E-state index in [2.05, 4.69) is 12.2 Å². The summed E-state index contributed by atoms with van der Waals surface area (Å²) < 4.78 is 5.30. The third kappa shape index (κ3) is 3.17. The van der Waals surface area contributed by atoms with Crippen molar-refractivity contribution < 1.29 is 4.42 Å². The second-order valence-electron chi connectivity index (χ2n) is 4.07. The zero-order valence-corrected chi connectivity index (χ0v) is 10.4. The average molecular weight is 251 g/mol. The van der Waals surface area contributed by atoms with Crippen LogP contribution in [0.1, 0.15) is 12.7 Å². The van der Waals surface area contributed by atoms with Crippen LogP contribution in [0.4, 0.5) is 11.4 Å². The highest BCUT2D eigenvalue weighted by atomic mass is 35.5. The third-order valence-corrected chi connectivity index (χ3v) is 2.80. The molecule has 0 saturated carbocycles. The fourth-order valence-corrected chi connectivity index (χ4v) is 1.94. The smallest absolute Gasteiger partial charge is 0.105 e. The molecule has 1 atom stereocenters. The van der Waals surface area contributed by atoms with Crippen molar-refractivity contribution in [1.82, 2.24) is 0 Å². The van der Waals surface area contributed by atoms with Gasteiger partial charge in [0.1, 0.15) is 5.76 Å². The molecule has 2 rings (SSSR count). The van der Waals surface area contributed by atoms with Gasteiger partial charge in [0.2, 0.25) is 0 Å². The Labute approximate surface area is 106 Å². The zero-order chi connectivity index (χ0) is 12.3. The monoisotopic (exact) mass is 250 g/mol. The van der Waals surface area contributed by atoms with Crippen LogP contribution < -0.4 is 11.1 Å². The summed E-state index contributed by atoms with van der Waals surface area (Å²) in [4.78, 5) is 0. The number of rotatable bonds is 4. The maximum absolute atomic E-state index is 6.09. The minimum atomic E-state index is 0.238. The Balaban J connectivity index is 2.00. The molecule has 0 fully saturated rings. The first-order valence-corrected chi connectivity index (χ1v) is 5.87. The lowest BCUT2D eigenvalue weighted by Crippen LogP contribution is -2.18. The van der Waals surface area contributed by atoms with Crippen LogP contribution in [0.15, 0.2) is 41.0 Å². The van der Waals surface area contributed by atoms with Gasteiger partial charge in [0, 0.05) is 18.2 Å². The van der Waals surface area contributed by atoms with Crippen molar-refractivity contribution in [3.8, 4) is 0 Å². The first kappa shape index (κ1) is 11.9. The highest BCUT2D eigenvalue weighted by Crippen LogP contribution is 2.25. The van der Waals surface area contributed by atoms with Gasteiger partial charge in [-0.25, -0.2) is 0 Å². The Bertz CT molecular complexity index is 482. The van der Waals surface area contributed by atoms with E-state index in [9.17, 15) is 0 Å². The van der Waals surface area contributed by atoms with Crippen molar-refractivity contribution in [2.75, 3.05) is 11.1 Å². The number of furan rings is 1. The summed E-state index contributed by atoms with van der Waals surface area (Å²) in [5.41, 5.74) is 7.20. The lowest BCUT2D eigenvalue weighted by Gasteiger charge is -2.15. The number of halogens is 1. The Morgan fingerprint density at radius 3 is 2.88 bits per heavy atom. The minimum absolute atomic E-state index is 0.238. The molecule has 1 aromatic heterocycles. The Morgan fingerprint density at radius 2 is 2.24 bits per heavy atom. The first-order valence-electron chi connectivity index (χ1n) is 5.49. The number of hydrogen-bond acceptors (Lipinski definition) is 3. The maximum Gasteiger partial charge on any atom is 0.105 e. The van der Waals surface area contributed by atoms with E-state index in [4.69, 9.17) is 21.8 Å². The highest BCUT2D eigenvalue weighted by Gasteiger charge is 2.07. The van der Waals surface area contributed by atoms with Crippen LogP contribution in [0.5, 0.6) is 0 Å². The van der Waals surface area contributed by atoms with Gasteiger partial charge in [-0.3, -0.25) is 0 Å². The van der Waals surface area contributed by atoms with Crippen LogP contribution >= 0.6 is 11.6 Å². The predicted octanol–water partition coefficient (Wildman–Crippen LogP) is 3.56. The summed E-state index contributed by atoms with van der Waals surface area (Å²) in [6.45, 7) is 2.08. The quantitative estimate of drug-likeness (QED) is 0.816. The number of nitrogens with one attached hydrogen (secondary N) is 1. The van der Waals surface area contributed by atoms with E-state index >= 15 is 0 Å². The molecule has 1 aromatic carbocycles. The lowest BCUT2D eigenvalue weighted by molar-refractivity contribution is 0.498. The number of benzene rings is 1. The van der Waals surface area contributed by atoms with Crippen molar-refractivity contribution in [2.24, 2.45) is 0 Å². The molecule has 4 heteroatoms. The molecule has 0 bridgehead atoms. The van der Waals surface area contributed by atoms with Crippen molar-refractivity contribution in [1.29, 1.82) is 0 Å². The van der Waals surface area contributed by atoms with Crippen molar-refractivity contribution in [3.63, 3.8) is 0 Å². The van der Waals surface area contributed by atoms with Gasteiger partial charge in [0.25, 0.3) is 0 Å². The van der Waals surface area contributed by atoms with Crippen molar-refractivity contribution in [3.05, 3.63) is 47.4 Å².